The Morgan fingerprint density at radius 2 is 2.05 bits per heavy atom. The number of rotatable bonds is 7. The van der Waals surface area contributed by atoms with Crippen molar-refractivity contribution in [2.75, 3.05) is 18.6 Å². The molecule has 2 aromatic rings. The fourth-order valence-electron chi connectivity index (χ4n) is 2.16. The molecule has 0 aliphatic heterocycles. The van der Waals surface area contributed by atoms with E-state index in [1.807, 2.05) is 31.3 Å². The molecule has 0 spiro atoms. The van der Waals surface area contributed by atoms with Crippen LogP contribution in [0.4, 0.5) is 0 Å². The Morgan fingerprint density at radius 3 is 2.75 bits per heavy atom. The van der Waals surface area contributed by atoms with Crippen molar-refractivity contribution in [1.29, 1.82) is 0 Å². The summed E-state index contributed by atoms with van der Waals surface area (Å²) >= 11 is 0. The average Bonchev–Trinajstić information content (AvgIpc) is 2.80. The summed E-state index contributed by atoms with van der Waals surface area (Å²) in [6, 6.07) is 10.2. The summed E-state index contributed by atoms with van der Waals surface area (Å²) in [6.45, 7) is 3.65. The molecule has 1 aromatic carbocycles. The molecule has 1 N–H and O–H groups in total. The highest BCUT2D eigenvalue weighted by Gasteiger charge is 2.07. The topological polar surface area (TPSA) is 46.9 Å². The van der Waals surface area contributed by atoms with Crippen LogP contribution in [0.3, 0.4) is 0 Å². The average molecular weight is 291 g/mol. The lowest BCUT2D eigenvalue weighted by atomic mass is 10.3. The van der Waals surface area contributed by atoms with Crippen molar-refractivity contribution in [2.24, 2.45) is 0 Å². The number of hydrogen-bond acceptors (Lipinski definition) is 3. The van der Waals surface area contributed by atoms with Gasteiger partial charge < -0.3 is 5.32 Å². The van der Waals surface area contributed by atoms with Crippen molar-refractivity contribution in [1.82, 2.24) is 14.9 Å². The van der Waals surface area contributed by atoms with Gasteiger partial charge in [0.2, 0.25) is 0 Å². The van der Waals surface area contributed by atoms with Gasteiger partial charge in [-0.25, -0.2) is 4.98 Å². The number of aryl methyl sites for hydroxylation is 1. The van der Waals surface area contributed by atoms with Gasteiger partial charge in [0, 0.05) is 35.0 Å². The first-order valence-corrected chi connectivity index (χ1v) is 8.50. The fourth-order valence-corrected chi connectivity index (χ4v) is 2.71. The molecule has 20 heavy (non-hydrogen) atoms. The molecule has 1 unspecified atom stereocenters. The van der Waals surface area contributed by atoms with Gasteiger partial charge in [-0.2, -0.15) is 0 Å². The molecular weight excluding hydrogens is 270 g/mol. The van der Waals surface area contributed by atoms with E-state index in [9.17, 15) is 4.21 Å². The van der Waals surface area contributed by atoms with Gasteiger partial charge in [0.25, 0.3) is 0 Å². The maximum absolute atomic E-state index is 11.0. The number of nitrogens with zero attached hydrogens (tertiary/aromatic N) is 2. The van der Waals surface area contributed by atoms with E-state index < -0.39 is 10.8 Å². The summed E-state index contributed by atoms with van der Waals surface area (Å²) in [4.78, 5) is 4.39. The summed E-state index contributed by atoms with van der Waals surface area (Å²) in [5.41, 5.74) is 2.28. The van der Waals surface area contributed by atoms with Gasteiger partial charge in [0.05, 0.1) is 11.9 Å². The van der Waals surface area contributed by atoms with E-state index in [1.54, 1.807) is 6.26 Å². The minimum atomic E-state index is -0.701. The second-order valence-electron chi connectivity index (χ2n) is 4.78. The maximum atomic E-state index is 11.0. The zero-order chi connectivity index (χ0) is 14.4. The Morgan fingerprint density at radius 1 is 1.30 bits per heavy atom. The van der Waals surface area contributed by atoms with Crippen LogP contribution in [0, 0.1) is 6.92 Å². The third-order valence-electron chi connectivity index (χ3n) is 3.12. The van der Waals surface area contributed by atoms with Crippen LogP contribution >= 0.6 is 0 Å². The predicted molar refractivity (Wildman–Crippen MR) is 83.6 cm³/mol. The molecule has 0 bridgehead atoms. The number of nitrogens with one attached hydrogen (secondary N) is 1. The lowest BCUT2D eigenvalue weighted by Crippen LogP contribution is -2.18. The minimum absolute atomic E-state index is 0.701. The lowest BCUT2D eigenvalue weighted by molar-refractivity contribution is 0.648. The Bertz CT molecular complexity index is 566. The van der Waals surface area contributed by atoms with Crippen molar-refractivity contribution in [3.63, 3.8) is 0 Å². The van der Waals surface area contributed by atoms with Crippen LogP contribution in [0.5, 0.6) is 0 Å². The van der Waals surface area contributed by atoms with E-state index >= 15 is 0 Å². The molecular formula is C15H21N3OS. The Hall–Kier alpha value is -1.46. The van der Waals surface area contributed by atoms with Crippen LogP contribution in [-0.4, -0.2) is 32.3 Å². The zero-order valence-corrected chi connectivity index (χ0v) is 12.8. The number of benzene rings is 1. The lowest BCUT2D eigenvalue weighted by Gasteiger charge is -2.11. The van der Waals surface area contributed by atoms with Crippen LogP contribution in [0.2, 0.25) is 0 Å². The van der Waals surface area contributed by atoms with Gasteiger partial charge in [-0.05, 0) is 32.0 Å². The van der Waals surface area contributed by atoms with Crippen LogP contribution in [0.25, 0.3) is 5.69 Å². The van der Waals surface area contributed by atoms with Gasteiger partial charge in [0.15, 0.2) is 0 Å². The molecule has 0 aliphatic carbocycles. The van der Waals surface area contributed by atoms with Gasteiger partial charge in [-0.15, -0.1) is 0 Å². The molecule has 0 fully saturated rings. The highest BCUT2D eigenvalue weighted by Crippen LogP contribution is 2.14. The molecule has 0 saturated carbocycles. The first-order valence-electron chi connectivity index (χ1n) is 6.78. The molecule has 0 radical (unpaired) electrons. The molecule has 0 saturated heterocycles. The highest BCUT2D eigenvalue weighted by molar-refractivity contribution is 7.84. The monoisotopic (exact) mass is 291 g/mol. The normalized spacial score (nSPS) is 12.5. The summed E-state index contributed by atoms with van der Waals surface area (Å²) in [7, 11) is -0.701. The van der Waals surface area contributed by atoms with Crippen molar-refractivity contribution in [3.05, 3.63) is 48.0 Å². The van der Waals surface area contributed by atoms with E-state index in [0.29, 0.717) is 0 Å². The smallest absolute Gasteiger partial charge is 0.110 e. The van der Waals surface area contributed by atoms with E-state index in [4.69, 9.17) is 0 Å². The number of para-hydroxylation sites is 1. The van der Waals surface area contributed by atoms with Crippen molar-refractivity contribution in [2.45, 2.75) is 19.9 Å². The summed E-state index contributed by atoms with van der Waals surface area (Å²) in [5.74, 6) is 1.74. The molecule has 5 heteroatoms. The third kappa shape index (κ3) is 4.02. The van der Waals surface area contributed by atoms with Crippen molar-refractivity contribution in [3.8, 4) is 5.69 Å². The Balaban J connectivity index is 1.98. The van der Waals surface area contributed by atoms with Crippen LogP contribution < -0.4 is 5.32 Å². The number of imidazole rings is 1. The number of aromatic nitrogens is 2. The fraction of sp³-hybridized carbons (Fsp3) is 0.400. The van der Waals surface area contributed by atoms with Gasteiger partial charge in [-0.3, -0.25) is 8.78 Å². The summed E-state index contributed by atoms with van der Waals surface area (Å²) in [5, 5.41) is 3.39. The Labute approximate surface area is 122 Å². The Kier molecular flexibility index (Phi) is 5.49. The molecule has 108 valence electrons. The minimum Gasteiger partial charge on any atom is -0.311 e. The molecule has 1 aromatic heterocycles. The van der Waals surface area contributed by atoms with Gasteiger partial charge in [-0.1, -0.05) is 18.2 Å². The highest BCUT2D eigenvalue weighted by atomic mass is 32.2. The maximum Gasteiger partial charge on any atom is 0.110 e. The molecule has 1 heterocycles. The van der Waals surface area contributed by atoms with Crippen LogP contribution in [-0.2, 0) is 17.3 Å². The molecule has 0 amide bonds. The second-order valence-corrected chi connectivity index (χ2v) is 6.33. The second kappa shape index (κ2) is 7.36. The molecule has 4 nitrogen and oxygen atoms in total. The van der Waals surface area contributed by atoms with Crippen LogP contribution in [0.1, 0.15) is 17.9 Å². The standard InChI is InChI=1S/C15H21N3OS/c1-13-17-12-15(11-16-9-6-10-20(2)19)18(13)14-7-4-3-5-8-14/h3-5,7-8,12,16H,6,9-11H2,1-2H3. The van der Waals surface area contributed by atoms with E-state index in [-0.39, 0.29) is 0 Å². The SMILES string of the molecule is Cc1ncc(CNCCCS(C)=O)n1-c1ccccc1. The predicted octanol–water partition coefficient (Wildman–Crippen LogP) is 2.04. The molecule has 1 atom stereocenters. The largest absolute Gasteiger partial charge is 0.311 e. The molecule has 0 aliphatic rings. The quantitative estimate of drug-likeness (QED) is 0.794. The summed E-state index contributed by atoms with van der Waals surface area (Å²) < 4.78 is 13.1. The van der Waals surface area contributed by atoms with Crippen molar-refractivity contribution < 1.29 is 4.21 Å². The van der Waals surface area contributed by atoms with Crippen molar-refractivity contribution >= 4 is 10.8 Å². The van der Waals surface area contributed by atoms with E-state index in [0.717, 1.165) is 42.5 Å². The zero-order valence-electron chi connectivity index (χ0n) is 12.0. The number of hydrogen-bond donors (Lipinski definition) is 1. The third-order valence-corrected chi connectivity index (χ3v) is 3.98. The van der Waals surface area contributed by atoms with Gasteiger partial charge in [0.1, 0.15) is 5.82 Å². The first kappa shape index (κ1) is 14.9. The van der Waals surface area contributed by atoms with Crippen LogP contribution in [0.15, 0.2) is 36.5 Å². The van der Waals surface area contributed by atoms with E-state index in [1.165, 1.54) is 0 Å². The molecule has 2 rings (SSSR count). The summed E-state index contributed by atoms with van der Waals surface area (Å²) in [6.07, 6.45) is 4.59. The van der Waals surface area contributed by atoms with Gasteiger partial charge >= 0.3 is 0 Å². The van der Waals surface area contributed by atoms with E-state index in [2.05, 4.69) is 27.0 Å². The first-order chi connectivity index (χ1) is 9.68.